The second kappa shape index (κ2) is 9.34. The Kier molecular flexibility index (Phi) is 6.24. The molecule has 3 heterocycles. The molecule has 2 aromatic carbocycles. The van der Waals surface area contributed by atoms with Gasteiger partial charge in [-0.05, 0) is 57.0 Å². The van der Waals surface area contributed by atoms with Gasteiger partial charge in [-0.2, -0.15) is 5.10 Å². The molecule has 0 aliphatic carbocycles. The third kappa shape index (κ3) is 4.39. The van der Waals surface area contributed by atoms with Gasteiger partial charge >= 0.3 is 0 Å². The van der Waals surface area contributed by atoms with E-state index in [9.17, 15) is 4.79 Å². The summed E-state index contributed by atoms with van der Waals surface area (Å²) in [6.45, 7) is 10.4. The number of amides is 1. The van der Waals surface area contributed by atoms with Gasteiger partial charge in [0.15, 0.2) is 5.65 Å². The monoisotopic (exact) mass is 487 g/mol. The highest BCUT2D eigenvalue weighted by Gasteiger charge is 2.30. The Labute approximate surface area is 211 Å². The predicted octanol–water partition coefficient (Wildman–Crippen LogP) is 5.25. The molecule has 1 fully saturated rings. The largest absolute Gasteiger partial charge is 0.365 e. The number of nitrogens with zero attached hydrogens (tertiary/aromatic N) is 5. The fourth-order valence-electron chi connectivity index (χ4n) is 4.98. The van der Waals surface area contributed by atoms with Gasteiger partial charge in [-0.25, -0.2) is 9.50 Å². The third-order valence-corrected chi connectivity index (χ3v) is 7.41. The van der Waals surface area contributed by atoms with Crippen LogP contribution in [0.2, 0.25) is 5.02 Å². The van der Waals surface area contributed by atoms with Crippen molar-refractivity contribution in [1.82, 2.24) is 19.5 Å². The van der Waals surface area contributed by atoms with Crippen LogP contribution in [0.25, 0.3) is 5.65 Å². The molecule has 4 aromatic rings. The van der Waals surface area contributed by atoms with Crippen molar-refractivity contribution in [3.63, 3.8) is 0 Å². The van der Waals surface area contributed by atoms with Gasteiger partial charge in [-0.1, -0.05) is 47.5 Å². The van der Waals surface area contributed by atoms with E-state index in [4.69, 9.17) is 16.6 Å². The topological polar surface area (TPSA) is 53.7 Å². The van der Waals surface area contributed by atoms with Gasteiger partial charge in [-0.15, -0.1) is 0 Å². The van der Waals surface area contributed by atoms with Gasteiger partial charge in [0.05, 0.1) is 6.20 Å². The summed E-state index contributed by atoms with van der Waals surface area (Å²) in [6, 6.07) is 16.6. The molecule has 35 heavy (non-hydrogen) atoms. The van der Waals surface area contributed by atoms with E-state index in [0.717, 1.165) is 34.1 Å². The van der Waals surface area contributed by atoms with E-state index in [2.05, 4.69) is 48.1 Å². The minimum atomic E-state index is -0.0134. The molecule has 0 N–H and O–H groups in total. The van der Waals surface area contributed by atoms with Crippen molar-refractivity contribution >= 4 is 28.8 Å². The van der Waals surface area contributed by atoms with E-state index in [-0.39, 0.29) is 11.9 Å². The Balaban J connectivity index is 1.39. The maximum atomic E-state index is 13.5. The highest BCUT2D eigenvalue weighted by Crippen LogP contribution is 2.26. The van der Waals surface area contributed by atoms with Crippen LogP contribution in [0, 0.1) is 20.8 Å². The molecule has 5 rings (SSSR count). The lowest BCUT2D eigenvalue weighted by molar-refractivity contribution is 0.0728. The Bertz CT molecular complexity index is 1390. The molecule has 1 amide bonds. The van der Waals surface area contributed by atoms with E-state index in [1.807, 2.05) is 43.0 Å². The second-order valence-corrected chi connectivity index (χ2v) is 9.86. The van der Waals surface area contributed by atoms with E-state index in [1.54, 1.807) is 10.7 Å². The molecule has 0 saturated carbocycles. The lowest BCUT2D eigenvalue weighted by Crippen LogP contribution is -2.53. The molecular formula is C28H30ClN5O. The van der Waals surface area contributed by atoms with Gasteiger partial charge in [0.25, 0.3) is 5.91 Å². The average molecular weight is 488 g/mol. The lowest BCUT2D eigenvalue weighted by Gasteiger charge is -2.41. The van der Waals surface area contributed by atoms with Crippen molar-refractivity contribution in [2.24, 2.45) is 0 Å². The molecule has 1 atom stereocenters. The quantitative estimate of drug-likeness (QED) is 0.394. The van der Waals surface area contributed by atoms with Crippen LogP contribution < -0.4 is 4.90 Å². The first-order chi connectivity index (χ1) is 16.8. The number of halogens is 1. The highest BCUT2D eigenvalue weighted by molar-refractivity contribution is 6.31. The first kappa shape index (κ1) is 23.4. The predicted molar refractivity (Wildman–Crippen MR) is 141 cm³/mol. The molecule has 7 heteroatoms. The molecule has 1 aliphatic rings. The van der Waals surface area contributed by atoms with Gasteiger partial charge in [-0.3, -0.25) is 4.79 Å². The zero-order valence-corrected chi connectivity index (χ0v) is 21.4. The van der Waals surface area contributed by atoms with Crippen molar-refractivity contribution in [3.05, 3.63) is 93.4 Å². The van der Waals surface area contributed by atoms with Crippen LogP contribution in [-0.2, 0) is 6.42 Å². The van der Waals surface area contributed by atoms with Crippen LogP contribution >= 0.6 is 11.6 Å². The molecule has 1 aliphatic heterocycles. The summed E-state index contributed by atoms with van der Waals surface area (Å²) in [6.07, 6.45) is 2.33. The Morgan fingerprint density at radius 1 is 1.06 bits per heavy atom. The van der Waals surface area contributed by atoms with Gasteiger partial charge in [0.1, 0.15) is 5.56 Å². The fraction of sp³-hybridized carbons (Fsp3) is 0.321. The second-order valence-electron chi connectivity index (χ2n) is 9.45. The third-order valence-electron chi connectivity index (χ3n) is 7.04. The summed E-state index contributed by atoms with van der Waals surface area (Å²) in [7, 11) is 0. The van der Waals surface area contributed by atoms with Crippen molar-refractivity contribution in [2.75, 3.05) is 24.5 Å². The molecule has 0 unspecified atom stereocenters. The number of benzene rings is 2. The minimum absolute atomic E-state index is 0.0134. The summed E-state index contributed by atoms with van der Waals surface area (Å²) >= 11 is 6.40. The van der Waals surface area contributed by atoms with Crippen LogP contribution in [0.4, 0.5) is 5.69 Å². The standard InChI is InChI=1S/C28H30ClN5O/c1-18-9-11-23(12-10-18)33-14-13-32(17-19(33)2)28(35)25-16-30-34-21(4)24(20(3)31-27(25)34)15-22-7-5-6-8-26(22)29/h5-12,16,19H,13-15,17H2,1-4H3/t19-/m1/s1. The zero-order chi connectivity index (χ0) is 24.7. The van der Waals surface area contributed by atoms with Gasteiger partial charge in [0, 0.05) is 54.2 Å². The minimum Gasteiger partial charge on any atom is -0.365 e. The molecule has 6 nitrogen and oxygen atoms in total. The van der Waals surface area contributed by atoms with Crippen LogP contribution in [0.5, 0.6) is 0 Å². The summed E-state index contributed by atoms with van der Waals surface area (Å²) in [5.74, 6) is -0.0134. The number of piperazine rings is 1. The van der Waals surface area contributed by atoms with Crippen molar-refractivity contribution in [1.29, 1.82) is 0 Å². The number of carbonyl (C=O) groups excluding carboxylic acids is 1. The SMILES string of the molecule is Cc1ccc(N2CCN(C(=O)c3cnn4c(C)c(Cc5ccccc5Cl)c(C)nc34)C[C@H]2C)cc1. The van der Waals surface area contributed by atoms with E-state index in [1.165, 1.54) is 11.3 Å². The normalized spacial score (nSPS) is 16.2. The average Bonchev–Trinajstić information content (AvgIpc) is 3.27. The maximum absolute atomic E-state index is 13.5. The number of anilines is 1. The maximum Gasteiger partial charge on any atom is 0.259 e. The van der Waals surface area contributed by atoms with Crippen molar-refractivity contribution in [3.8, 4) is 0 Å². The van der Waals surface area contributed by atoms with E-state index >= 15 is 0 Å². The smallest absolute Gasteiger partial charge is 0.259 e. The number of hydrogen-bond donors (Lipinski definition) is 0. The van der Waals surface area contributed by atoms with E-state index < -0.39 is 0 Å². The fourth-order valence-corrected chi connectivity index (χ4v) is 5.18. The van der Waals surface area contributed by atoms with Crippen LogP contribution in [0.3, 0.4) is 0 Å². The number of aryl methyl sites for hydroxylation is 3. The van der Waals surface area contributed by atoms with Gasteiger partial charge in [0.2, 0.25) is 0 Å². The number of rotatable bonds is 4. The summed E-state index contributed by atoms with van der Waals surface area (Å²) in [5, 5.41) is 5.29. The molecule has 0 bridgehead atoms. The molecule has 180 valence electrons. The summed E-state index contributed by atoms with van der Waals surface area (Å²) < 4.78 is 1.79. The van der Waals surface area contributed by atoms with Gasteiger partial charge < -0.3 is 9.80 Å². The molecule has 1 saturated heterocycles. The van der Waals surface area contributed by atoms with Crippen LogP contribution in [0.15, 0.2) is 54.7 Å². The summed E-state index contributed by atoms with van der Waals surface area (Å²) in [4.78, 5) is 22.7. The number of fused-ring (bicyclic) bond motifs is 1. The molecule has 0 radical (unpaired) electrons. The molecule has 0 spiro atoms. The molecular weight excluding hydrogens is 458 g/mol. The Morgan fingerprint density at radius 2 is 1.80 bits per heavy atom. The Hall–Kier alpha value is -3.38. The van der Waals surface area contributed by atoms with Crippen molar-refractivity contribution < 1.29 is 4.79 Å². The van der Waals surface area contributed by atoms with Crippen molar-refractivity contribution in [2.45, 2.75) is 40.2 Å². The van der Waals surface area contributed by atoms with E-state index in [0.29, 0.717) is 30.7 Å². The first-order valence-corrected chi connectivity index (χ1v) is 12.4. The van der Waals surface area contributed by atoms with Crippen LogP contribution in [-0.4, -0.2) is 51.1 Å². The first-order valence-electron chi connectivity index (χ1n) is 12.0. The number of aromatic nitrogens is 3. The lowest BCUT2D eigenvalue weighted by atomic mass is 10.0. The Morgan fingerprint density at radius 3 is 2.51 bits per heavy atom. The highest BCUT2D eigenvalue weighted by atomic mass is 35.5. The molecule has 2 aromatic heterocycles. The number of carbonyl (C=O) groups is 1. The summed E-state index contributed by atoms with van der Waals surface area (Å²) in [5.41, 5.74) is 7.60. The number of hydrogen-bond acceptors (Lipinski definition) is 4. The van der Waals surface area contributed by atoms with Crippen LogP contribution in [0.1, 0.15) is 45.4 Å². The zero-order valence-electron chi connectivity index (χ0n) is 20.6.